The molecule has 78 heavy (non-hydrogen) atoms. The summed E-state index contributed by atoms with van der Waals surface area (Å²) in [5, 5.41) is 0. The molecule has 0 fully saturated rings. The molecule has 0 atom stereocenters. The summed E-state index contributed by atoms with van der Waals surface area (Å²) in [6.07, 6.45) is 0. The molecule has 374 valence electrons. The number of rotatable bonds is 6. The molecule has 0 saturated carbocycles. The summed E-state index contributed by atoms with van der Waals surface area (Å²) < 4.78 is 0. The second-order valence-corrected chi connectivity index (χ2v) is 24.9. The SMILES string of the molecule is CC1(C)c2ccccc2-c2ccc(-c3ccc(-c4ccccc4)c(-c4ccc5c(c4)C(C)(C)c4cc(-c6ccc7c(c6)C(C)(C)c6cc(-c8ccc9c(c8)C(C)(C)c8cc(-c%10ccccc%10)ccc8-9)ccc6-7)ccc4-5)c3)cc21. The first-order valence-electron chi connectivity index (χ1n) is 28.1. The largest absolute Gasteiger partial charge is 0.0622 e. The van der Waals surface area contributed by atoms with Crippen LogP contribution >= 0.6 is 0 Å². The van der Waals surface area contributed by atoms with Crippen molar-refractivity contribution in [2.45, 2.75) is 77.0 Å². The van der Waals surface area contributed by atoms with Gasteiger partial charge in [-0.1, -0.05) is 237 Å². The maximum atomic E-state index is 2.50. The quantitative estimate of drug-likeness (QED) is 0.156. The first-order chi connectivity index (χ1) is 37.7. The Morgan fingerprint density at radius 3 is 0.769 bits per heavy atom. The Morgan fingerprint density at radius 1 is 0.154 bits per heavy atom. The Kier molecular flexibility index (Phi) is 9.86. The number of benzene rings is 11. The fraction of sp³-hybridized carbons (Fsp3) is 0.154. The zero-order chi connectivity index (χ0) is 53.0. The van der Waals surface area contributed by atoms with Crippen LogP contribution in [0.4, 0.5) is 0 Å². The number of hydrogen-bond acceptors (Lipinski definition) is 0. The van der Waals surface area contributed by atoms with Gasteiger partial charge in [-0.05, 0) is 204 Å². The Hall–Kier alpha value is -8.58. The van der Waals surface area contributed by atoms with Crippen molar-refractivity contribution in [2.24, 2.45) is 0 Å². The first-order valence-corrected chi connectivity index (χ1v) is 28.1. The summed E-state index contributed by atoms with van der Waals surface area (Å²) in [5.74, 6) is 0. The minimum atomic E-state index is -0.203. The lowest BCUT2D eigenvalue weighted by Gasteiger charge is -2.24. The van der Waals surface area contributed by atoms with Crippen LogP contribution in [0.1, 0.15) is 99.9 Å². The molecule has 0 N–H and O–H groups in total. The Labute approximate surface area is 460 Å². The van der Waals surface area contributed by atoms with E-state index in [0.29, 0.717) is 0 Å². The van der Waals surface area contributed by atoms with Gasteiger partial charge in [-0.2, -0.15) is 0 Å². The monoisotopic (exact) mass is 998 g/mol. The molecule has 0 heterocycles. The van der Waals surface area contributed by atoms with E-state index < -0.39 is 0 Å². The molecule has 4 aliphatic rings. The fourth-order valence-corrected chi connectivity index (χ4v) is 14.6. The van der Waals surface area contributed by atoms with Gasteiger partial charge in [0.15, 0.2) is 0 Å². The third-order valence-corrected chi connectivity index (χ3v) is 19.1. The molecule has 0 aromatic heterocycles. The number of hydrogen-bond donors (Lipinski definition) is 0. The van der Waals surface area contributed by atoms with Crippen molar-refractivity contribution in [1.82, 2.24) is 0 Å². The van der Waals surface area contributed by atoms with Crippen molar-refractivity contribution in [1.29, 1.82) is 0 Å². The Balaban J connectivity index is 0.740. The topological polar surface area (TPSA) is 0 Å². The Bertz CT molecular complexity index is 4340. The molecule has 11 aromatic carbocycles. The van der Waals surface area contributed by atoms with Gasteiger partial charge in [0.05, 0.1) is 0 Å². The third-order valence-electron chi connectivity index (χ3n) is 19.1. The highest BCUT2D eigenvalue weighted by Gasteiger charge is 2.40. The molecule has 0 nitrogen and oxygen atoms in total. The van der Waals surface area contributed by atoms with Gasteiger partial charge in [0.1, 0.15) is 0 Å². The van der Waals surface area contributed by atoms with Crippen molar-refractivity contribution in [3.05, 3.63) is 275 Å². The predicted molar refractivity (Wildman–Crippen MR) is 329 cm³/mol. The van der Waals surface area contributed by atoms with Crippen molar-refractivity contribution in [3.8, 4) is 111 Å². The van der Waals surface area contributed by atoms with E-state index in [4.69, 9.17) is 0 Å². The van der Waals surface area contributed by atoms with E-state index in [1.807, 2.05) is 0 Å². The van der Waals surface area contributed by atoms with E-state index in [2.05, 4.69) is 286 Å². The highest BCUT2D eigenvalue weighted by molar-refractivity contribution is 5.94. The maximum Gasteiger partial charge on any atom is 0.0159 e. The standard InChI is InChI=1S/C78H62/c1-75(2)67-22-16-15-21-58(67)59-33-25-51(41-68(59)75)49-23-31-57(48-19-13-10-14-20-48)66(39-49)56-30-38-65-64-37-29-55(45-73(64)78(7,8)74(65)46-56)54-28-36-63-62-35-27-53(43-71(62)77(5,6)72(63)44-54)52-26-34-61-60-32-24-50(47-17-11-9-12-18-47)40-69(60)76(3,4)70(61)42-52/h9-46H,1-8H3. The molecule has 0 aliphatic heterocycles. The molecule has 0 unspecified atom stereocenters. The zero-order valence-corrected chi connectivity index (χ0v) is 45.9. The summed E-state index contributed by atoms with van der Waals surface area (Å²) >= 11 is 0. The average Bonchev–Trinajstić information content (AvgIpc) is 4.16. The lowest BCUT2D eigenvalue weighted by molar-refractivity contribution is 0.659. The lowest BCUT2D eigenvalue weighted by Crippen LogP contribution is -2.16. The van der Waals surface area contributed by atoms with E-state index in [0.717, 1.165) is 0 Å². The van der Waals surface area contributed by atoms with Crippen molar-refractivity contribution in [2.75, 3.05) is 0 Å². The fourth-order valence-electron chi connectivity index (χ4n) is 14.6. The average molecular weight is 999 g/mol. The molecule has 0 bridgehead atoms. The zero-order valence-electron chi connectivity index (χ0n) is 45.9. The molecule has 0 radical (unpaired) electrons. The first kappa shape index (κ1) is 46.7. The minimum Gasteiger partial charge on any atom is -0.0622 e. The lowest BCUT2D eigenvalue weighted by atomic mass is 9.79. The van der Waals surface area contributed by atoms with Crippen LogP contribution < -0.4 is 0 Å². The summed E-state index contributed by atoms with van der Waals surface area (Å²) in [5.41, 5.74) is 36.5. The van der Waals surface area contributed by atoms with Gasteiger partial charge in [0.25, 0.3) is 0 Å². The van der Waals surface area contributed by atoms with Gasteiger partial charge in [-0.15, -0.1) is 0 Å². The van der Waals surface area contributed by atoms with Crippen LogP contribution in [0, 0.1) is 0 Å². The van der Waals surface area contributed by atoms with Crippen LogP contribution in [0.2, 0.25) is 0 Å². The van der Waals surface area contributed by atoms with E-state index in [1.165, 1.54) is 156 Å². The second kappa shape index (κ2) is 16.5. The molecule has 0 spiro atoms. The second-order valence-electron chi connectivity index (χ2n) is 24.9. The van der Waals surface area contributed by atoms with Crippen LogP contribution in [0.25, 0.3) is 111 Å². The van der Waals surface area contributed by atoms with E-state index in [9.17, 15) is 0 Å². The predicted octanol–water partition coefficient (Wildman–Crippen LogP) is 20.9. The molecule has 11 aromatic rings. The van der Waals surface area contributed by atoms with Gasteiger partial charge in [-0.25, -0.2) is 0 Å². The molecule has 0 amide bonds. The third kappa shape index (κ3) is 6.72. The molecule has 0 heteroatoms. The van der Waals surface area contributed by atoms with Gasteiger partial charge in [-0.3, -0.25) is 0 Å². The van der Waals surface area contributed by atoms with Gasteiger partial charge >= 0.3 is 0 Å². The van der Waals surface area contributed by atoms with E-state index >= 15 is 0 Å². The molecule has 15 rings (SSSR count). The van der Waals surface area contributed by atoms with Gasteiger partial charge in [0.2, 0.25) is 0 Å². The van der Waals surface area contributed by atoms with Gasteiger partial charge in [0, 0.05) is 21.7 Å². The van der Waals surface area contributed by atoms with Crippen LogP contribution in [0.3, 0.4) is 0 Å². The molecule has 0 saturated heterocycles. The minimum absolute atomic E-state index is 0.0606. The highest BCUT2D eigenvalue weighted by atomic mass is 14.4. The van der Waals surface area contributed by atoms with Crippen molar-refractivity contribution < 1.29 is 0 Å². The molecular formula is C78H62. The van der Waals surface area contributed by atoms with Crippen LogP contribution in [-0.4, -0.2) is 0 Å². The smallest absolute Gasteiger partial charge is 0.0159 e. The summed E-state index contributed by atoms with van der Waals surface area (Å²) in [6.45, 7) is 19.2. The maximum absolute atomic E-state index is 2.50. The van der Waals surface area contributed by atoms with Crippen molar-refractivity contribution >= 4 is 0 Å². The molecular weight excluding hydrogens is 937 g/mol. The summed E-state index contributed by atoms with van der Waals surface area (Å²) in [4.78, 5) is 0. The van der Waals surface area contributed by atoms with Gasteiger partial charge < -0.3 is 0 Å². The van der Waals surface area contributed by atoms with Crippen LogP contribution in [0.15, 0.2) is 231 Å². The number of fused-ring (bicyclic) bond motifs is 12. The highest BCUT2D eigenvalue weighted by Crippen LogP contribution is 2.56. The van der Waals surface area contributed by atoms with Crippen LogP contribution in [0.5, 0.6) is 0 Å². The van der Waals surface area contributed by atoms with E-state index in [-0.39, 0.29) is 21.7 Å². The van der Waals surface area contributed by atoms with Crippen molar-refractivity contribution in [3.63, 3.8) is 0 Å². The molecule has 4 aliphatic carbocycles. The normalized spacial score (nSPS) is 15.6. The van der Waals surface area contributed by atoms with E-state index in [1.54, 1.807) is 0 Å². The summed E-state index contributed by atoms with van der Waals surface area (Å²) in [6, 6.07) is 88.0. The van der Waals surface area contributed by atoms with Crippen LogP contribution in [-0.2, 0) is 21.7 Å². The summed E-state index contributed by atoms with van der Waals surface area (Å²) in [7, 11) is 0. The Morgan fingerprint density at radius 2 is 0.397 bits per heavy atom.